The van der Waals surface area contributed by atoms with Gasteiger partial charge in [-0.15, -0.1) is 11.3 Å². The van der Waals surface area contributed by atoms with Gasteiger partial charge in [-0.25, -0.2) is 9.97 Å². The molecule has 5 aromatic rings. The van der Waals surface area contributed by atoms with E-state index in [1.165, 1.54) is 25.6 Å². The van der Waals surface area contributed by atoms with Crippen LogP contribution in [-0.2, 0) is 6.54 Å². The lowest BCUT2D eigenvalue weighted by Gasteiger charge is -2.19. The molecule has 3 heterocycles. The first-order chi connectivity index (χ1) is 17.0. The summed E-state index contributed by atoms with van der Waals surface area (Å²) in [5.74, 6) is 1.66. The summed E-state index contributed by atoms with van der Waals surface area (Å²) in [6.45, 7) is 2.35. The van der Waals surface area contributed by atoms with Crippen molar-refractivity contribution in [3.05, 3.63) is 70.5 Å². The molecule has 0 atom stereocenters. The predicted octanol–water partition coefficient (Wildman–Crippen LogP) is 4.47. The highest BCUT2D eigenvalue weighted by molar-refractivity contribution is 7.21. The van der Waals surface area contributed by atoms with Gasteiger partial charge < -0.3 is 23.8 Å². The van der Waals surface area contributed by atoms with Gasteiger partial charge in [0.1, 0.15) is 5.82 Å². The topological polar surface area (TPSA) is 111 Å². The first-order valence-electron chi connectivity index (χ1n) is 10.9. The van der Waals surface area contributed by atoms with Crippen molar-refractivity contribution in [3.63, 3.8) is 0 Å². The molecule has 1 amide bonds. The smallest absolute Gasteiger partial charge is 0.289 e. The van der Waals surface area contributed by atoms with Gasteiger partial charge in [0.2, 0.25) is 0 Å². The molecule has 0 saturated heterocycles. The molecule has 0 aliphatic carbocycles. The van der Waals surface area contributed by atoms with Crippen LogP contribution in [0.3, 0.4) is 0 Å². The van der Waals surface area contributed by atoms with E-state index in [4.69, 9.17) is 13.9 Å². The molecule has 0 bridgehead atoms. The van der Waals surface area contributed by atoms with E-state index in [1.807, 2.05) is 31.2 Å². The van der Waals surface area contributed by atoms with Crippen molar-refractivity contribution in [3.8, 4) is 22.3 Å². The van der Waals surface area contributed by atoms with Crippen LogP contribution in [-0.4, -0.2) is 46.5 Å². The standard InChI is InChI=1S/C25H22N4O5S/c1-4-29(13-22-26-16-12-20(33-3)19(32-2)11-14(16)23(30)28-22)25(31)18-10-9-17(34-18)24-27-15-7-5-6-8-21(15)35-24/h5-12H,4,13H2,1-3H3,(H,26,28,30). The minimum Gasteiger partial charge on any atom is -0.493 e. The Bertz CT molecular complexity index is 1570. The second kappa shape index (κ2) is 9.22. The van der Waals surface area contributed by atoms with Crippen LogP contribution in [0.4, 0.5) is 0 Å². The molecule has 3 aromatic heterocycles. The molecular weight excluding hydrogens is 468 g/mol. The molecule has 0 saturated carbocycles. The molecule has 0 radical (unpaired) electrons. The Morgan fingerprint density at radius 3 is 2.57 bits per heavy atom. The second-order valence-corrected chi connectivity index (χ2v) is 8.74. The third-order valence-corrected chi connectivity index (χ3v) is 6.64. The van der Waals surface area contributed by atoms with Crippen molar-refractivity contribution in [2.75, 3.05) is 20.8 Å². The number of nitrogens with one attached hydrogen (secondary N) is 1. The van der Waals surface area contributed by atoms with E-state index < -0.39 is 0 Å². The summed E-state index contributed by atoms with van der Waals surface area (Å²) in [6, 6.07) is 14.4. The Kier molecular flexibility index (Phi) is 5.96. The number of hydrogen-bond donors (Lipinski definition) is 1. The molecule has 10 heteroatoms. The highest BCUT2D eigenvalue weighted by Gasteiger charge is 2.21. The minimum absolute atomic E-state index is 0.103. The van der Waals surface area contributed by atoms with Crippen molar-refractivity contribution in [1.29, 1.82) is 0 Å². The Labute approximate surface area is 204 Å². The lowest BCUT2D eigenvalue weighted by Crippen LogP contribution is -2.31. The molecule has 0 spiro atoms. The number of rotatable bonds is 7. The Balaban J connectivity index is 1.41. The number of aromatic amines is 1. The highest BCUT2D eigenvalue weighted by Crippen LogP contribution is 2.32. The number of fused-ring (bicyclic) bond motifs is 2. The van der Waals surface area contributed by atoms with Gasteiger partial charge in [0, 0.05) is 12.6 Å². The molecule has 0 fully saturated rings. The van der Waals surface area contributed by atoms with E-state index in [1.54, 1.807) is 29.2 Å². The zero-order valence-electron chi connectivity index (χ0n) is 19.3. The second-order valence-electron chi connectivity index (χ2n) is 7.71. The van der Waals surface area contributed by atoms with Gasteiger partial charge in [0.25, 0.3) is 11.5 Å². The van der Waals surface area contributed by atoms with Crippen LogP contribution in [0.5, 0.6) is 11.5 Å². The third-order valence-electron chi connectivity index (χ3n) is 5.59. The Hall–Kier alpha value is -4.18. The highest BCUT2D eigenvalue weighted by atomic mass is 32.1. The van der Waals surface area contributed by atoms with Gasteiger partial charge in [-0.3, -0.25) is 9.59 Å². The summed E-state index contributed by atoms with van der Waals surface area (Å²) in [6.07, 6.45) is 0. The maximum absolute atomic E-state index is 13.2. The van der Waals surface area contributed by atoms with E-state index >= 15 is 0 Å². The quantitative estimate of drug-likeness (QED) is 0.358. The van der Waals surface area contributed by atoms with Crippen LogP contribution in [0.25, 0.3) is 31.9 Å². The van der Waals surface area contributed by atoms with Crippen molar-refractivity contribution < 1.29 is 18.7 Å². The van der Waals surface area contributed by atoms with Gasteiger partial charge in [0.05, 0.1) is 41.9 Å². The van der Waals surface area contributed by atoms with E-state index in [0.29, 0.717) is 45.5 Å². The normalized spacial score (nSPS) is 11.2. The first kappa shape index (κ1) is 22.6. The molecule has 1 N–H and O–H groups in total. The zero-order valence-corrected chi connectivity index (χ0v) is 20.1. The maximum atomic E-state index is 13.2. The van der Waals surface area contributed by atoms with Crippen LogP contribution in [0.15, 0.2) is 57.7 Å². The Morgan fingerprint density at radius 1 is 1.06 bits per heavy atom. The average Bonchev–Trinajstić information content (AvgIpc) is 3.53. The molecule has 0 aliphatic rings. The average molecular weight is 491 g/mol. The minimum atomic E-state index is -0.328. The fourth-order valence-corrected chi connectivity index (χ4v) is 4.73. The summed E-state index contributed by atoms with van der Waals surface area (Å²) >= 11 is 1.50. The summed E-state index contributed by atoms with van der Waals surface area (Å²) in [7, 11) is 3.02. The van der Waals surface area contributed by atoms with Gasteiger partial charge in [-0.1, -0.05) is 12.1 Å². The number of carbonyl (C=O) groups excluding carboxylic acids is 1. The third kappa shape index (κ3) is 4.24. The van der Waals surface area contributed by atoms with E-state index in [-0.39, 0.29) is 23.8 Å². The monoisotopic (exact) mass is 490 g/mol. The maximum Gasteiger partial charge on any atom is 0.289 e. The molecule has 178 valence electrons. The number of benzene rings is 2. The van der Waals surface area contributed by atoms with E-state index in [9.17, 15) is 9.59 Å². The Morgan fingerprint density at radius 2 is 1.83 bits per heavy atom. The number of thiazole rings is 1. The molecule has 35 heavy (non-hydrogen) atoms. The van der Waals surface area contributed by atoms with Gasteiger partial charge in [-0.05, 0) is 37.3 Å². The largest absolute Gasteiger partial charge is 0.493 e. The fraction of sp³-hybridized carbons (Fsp3) is 0.200. The lowest BCUT2D eigenvalue weighted by molar-refractivity contribution is 0.0717. The SMILES string of the molecule is CCN(Cc1nc2cc(OC)c(OC)cc2c(=O)[nH]1)C(=O)c1ccc(-c2nc3ccccc3s2)o1. The molecule has 0 unspecified atom stereocenters. The van der Waals surface area contributed by atoms with Crippen molar-refractivity contribution in [2.24, 2.45) is 0 Å². The first-order valence-corrected chi connectivity index (χ1v) is 11.7. The van der Waals surface area contributed by atoms with E-state index in [2.05, 4.69) is 15.0 Å². The van der Waals surface area contributed by atoms with Crippen LogP contribution < -0.4 is 15.0 Å². The molecule has 2 aromatic carbocycles. The van der Waals surface area contributed by atoms with Crippen molar-refractivity contribution >= 4 is 38.4 Å². The summed E-state index contributed by atoms with van der Waals surface area (Å²) in [4.78, 5) is 39.3. The van der Waals surface area contributed by atoms with Gasteiger partial charge >= 0.3 is 0 Å². The van der Waals surface area contributed by atoms with Crippen molar-refractivity contribution in [1.82, 2.24) is 19.9 Å². The lowest BCUT2D eigenvalue weighted by atomic mass is 10.2. The predicted molar refractivity (Wildman–Crippen MR) is 133 cm³/mol. The number of ether oxygens (including phenoxy) is 2. The molecule has 0 aliphatic heterocycles. The van der Waals surface area contributed by atoms with Crippen LogP contribution >= 0.6 is 11.3 Å². The number of nitrogens with zero attached hydrogens (tertiary/aromatic N) is 3. The summed E-state index contributed by atoms with van der Waals surface area (Å²) in [5.41, 5.74) is 0.999. The molecular formula is C25H22N4O5S. The van der Waals surface area contributed by atoms with Crippen LogP contribution in [0.1, 0.15) is 23.3 Å². The van der Waals surface area contributed by atoms with Gasteiger partial charge in [0.15, 0.2) is 28.0 Å². The number of aromatic nitrogens is 3. The molecule has 9 nitrogen and oxygen atoms in total. The number of hydrogen-bond acceptors (Lipinski definition) is 8. The summed E-state index contributed by atoms with van der Waals surface area (Å²) < 4.78 is 17.5. The van der Waals surface area contributed by atoms with E-state index in [0.717, 1.165) is 10.2 Å². The molecule has 5 rings (SSSR count). The number of para-hydroxylation sites is 1. The van der Waals surface area contributed by atoms with Gasteiger partial charge in [-0.2, -0.15) is 0 Å². The van der Waals surface area contributed by atoms with Crippen LogP contribution in [0.2, 0.25) is 0 Å². The fourth-order valence-electron chi connectivity index (χ4n) is 3.80. The zero-order chi connectivity index (χ0) is 24.5. The number of furan rings is 1. The number of H-pyrrole nitrogens is 1. The van der Waals surface area contributed by atoms with Crippen LogP contribution in [0, 0.1) is 0 Å². The number of amides is 1. The van der Waals surface area contributed by atoms with Crippen molar-refractivity contribution in [2.45, 2.75) is 13.5 Å². The number of methoxy groups -OCH3 is 2. The summed E-state index contributed by atoms with van der Waals surface area (Å²) in [5, 5.41) is 1.07. The number of carbonyl (C=O) groups is 1.